The number of fused-ring (bicyclic) bond motifs is 1. The minimum Gasteiger partial charge on any atom is -0.504 e. The van der Waals surface area contributed by atoms with Gasteiger partial charge in [-0.3, -0.25) is 14.4 Å². The molecule has 586 valence electrons. The van der Waals surface area contributed by atoms with Crippen molar-refractivity contribution in [3.63, 3.8) is 0 Å². The molecule has 0 aliphatic rings. The van der Waals surface area contributed by atoms with Crippen LogP contribution in [0.25, 0.3) is 17.0 Å². The van der Waals surface area contributed by atoms with Gasteiger partial charge in [0.15, 0.2) is 115 Å². The van der Waals surface area contributed by atoms with Crippen molar-refractivity contribution < 1.29 is 121 Å². The van der Waals surface area contributed by atoms with Crippen molar-refractivity contribution in [2.45, 2.75) is 118 Å². The maximum Gasteiger partial charge on any atom is 0.159 e. The van der Waals surface area contributed by atoms with Crippen molar-refractivity contribution in [3.8, 4) is 103 Å². The van der Waals surface area contributed by atoms with E-state index < -0.39 is 18.2 Å². The molecule has 3 atom stereocenters. The summed E-state index contributed by atoms with van der Waals surface area (Å²) >= 11 is 0. The van der Waals surface area contributed by atoms with Gasteiger partial charge in [0.25, 0.3) is 0 Å². The van der Waals surface area contributed by atoms with Crippen molar-refractivity contribution in [3.05, 3.63) is 221 Å². The first-order valence-electron chi connectivity index (χ1n) is 33.9. The Balaban J connectivity index is 0.000000418. The van der Waals surface area contributed by atoms with E-state index in [-0.39, 0.29) is 127 Å². The lowest BCUT2D eigenvalue weighted by atomic mass is 10.0. The topological polar surface area (TPSA) is 527 Å². The van der Waals surface area contributed by atoms with Crippen molar-refractivity contribution in [2.75, 3.05) is 13.6 Å². The fraction of sp³-hybridized carbons (Fsp3) is 0.244. The summed E-state index contributed by atoms with van der Waals surface area (Å²) in [6.45, 7) is 12.2. The third kappa shape index (κ3) is 34.3. The summed E-state index contributed by atoms with van der Waals surface area (Å²) in [5.74, 6) is -2.79. The molecule has 10 rings (SSSR count). The molecule has 9 aromatic carbocycles. The summed E-state index contributed by atoms with van der Waals surface area (Å²) in [7, 11) is 1.73. The lowest BCUT2D eigenvalue weighted by Crippen LogP contribution is -2.30. The Labute approximate surface area is 630 Å². The van der Waals surface area contributed by atoms with Gasteiger partial charge in [0.1, 0.15) is 11.6 Å². The number of aliphatic hydroxyl groups excluding tert-OH is 2. The number of carbonyl (C=O) groups is 4. The number of allylic oxidation sites excluding steroid dienone is 1. The van der Waals surface area contributed by atoms with E-state index in [0.717, 1.165) is 53.3 Å². The third-order valence-electron chi connectivity index (χ3n) is 15.1. The highest BCUT2D eigenvalue weighted by atomic mass is 16.3. The molecular weight excluding hydrogens is 1410 g/mol. The number of hydrogen-bond donors (Lipinski definition) is 23. The van der Waals surface area contributed by atoms with E-state index in [4.69, 9.17) is 82.3 Å². The predicted molar refractivity (Wildman–Crippen MR) is 413 cm³/mol. The van der Waals surface area contributed by atoms with Gasteiger partial charge >= 0.3 is 0 Å². The Morgan fingerprint density at radius 2 is 0.826 bits per heavy atom. The number of carbonyl (C=O) groups excluding carboxylic acids is 4. The molecule has 109 heavy (non-hydrogen) atoms. The molecule has 0 fully saturated rings. The standard InChI is InChI=1S/C11H13NO2.C10H13NO3.C10H12O3.C10H10O3.C9H13NO3.C9H12O3.C9H12O2.C8H8O3.C6H6O2/c1-2-3-7-6-12-9-5-11(14)10(13)4-8(7)9;1-6(12)8(11)4-7-2-3-9(13)10(14)5-7;2*1-7(11)2-3-8-4-5-9(12)10(13)6-8;1-10-5-9(13)6-2-3-7(11)8(12)4-6;1-2-7(10)6-3-4-8(11)9(12)5-6;1-2-3-7-4-5-8(10)9(11)6-7;1-5(9)6-2-3-7(10)8(11)4-6;7-5-3-1-2-4-6(5)8/h4-6,12-14H,2-3H2,1H3;2-3,5,8,13-14H,4,11H2,1H3;4-6,12-13H,2-3H2,1H3;2-6,12-13H,1H3;2-4,9-13H,5H2,1H3;3-5,7,10-12H,2H2,1H3;4-6,10-11H,2-3H2,1H3;2-4,10-11H,1H3;1-4,7-8H/b;;;3-2+;;;;;. The van der Waals surface area contributed by atoms with Crippen LogP contribution in [0.2, 0.25) is 0 Å². The number of aromatic hydroxyl groups is 18. The number of nitrogens with one attached hydrogen (secondary N) is 2. The number of para-hydroxylation sites is 2. The molecule has 0 spiro atoms. The zero-order chi connectivity index (χ0) is 82.2. The molecule has 1 heterocycles. The zero-order valence-electron chi connectivity index (χ0n) is 61.6. The summed E-state index contributed by atoms with van der Waals surface area (Å²) in [5.41, 5.74) is 12.5. The molecule has 27 heteroatoms. The van der Waals surface area contributed by atoms with Crippen molar-refractivity contribution >= 4 is 40.1 Å². The molecule has 27 nitrogen and oxygen atoms in total. The third-order valence-corrected chi connectivity index (χ3v) is 15.1. The second-order valence-electron chi connectivity index (χ2n) is 24.2. The second kappa shape index (κ2) is 47.6. The Bertz CT molecular complexity index is 4530. The number of aryl methyl sites for hydroxylation is 3. The van der Waals surface area contributed by atoms with E-state index in [1.807, 2.05) is 19.2 Å². The highest BCUT2D eigenvalue weighted by Gasteiger charge is 2.13. The molecule has 1 aromatic heterocycles. The molecule has 0 saturated carbocycles. The predicted octanol–water partition coefficient (Wildman–Crippen LogP) is 12.7. The van der Waals surface area contributed by atoms with E-state index in [0.29, 0.717) is 54.5 Å². The largest absolute Gasteiger partial charge is 0.504 e. The van der Waals surface area contributed by atoms with Crippen LogP contribution in [0.5, 0.6) is 103 Å². The lowest BCUT2D eigenvalue weighted by molar-refractivity contribution is -0.118. The molecule has 0 aliphatic carbocycles. The van der Waals surface area contributed by atoms with Crippen LogP contribution in [0.15, 0.2) is 176 Å². The molecule has 10 aromatic rings. The lowest BCUT2D eigenvalue weighted by Gasteiger charge is -2.10. The average Bonchev–Trinajstić information content (AvgIpc) is 1.68. The number of hydrogen-bond acceptors (Lipinski definition) is 26. The van der Waals surface area contributed by atoms with Crippen LogP contribution in [-0.2, 0) is 40.1 Å². The molecule has 0 amide bonds. The van der Waals surface area contributed by atoms with E-state index in [1.165, 1.54) is 136 Å². The number of H-pyrrole nitrogens is 1. The van der Waals surface area contributed by atoms with Gasteiger partial charge in [0, 0.05) is 41.7 Å². The van der Waals surface area contributed by atoms with Gasteiger partial charge in [0.2, 0.25) is 0 Å². The van der Waals surface area contributed by atoms with Gasteiger partial charge in [-0.25, -0.2) is 0 Å². The molecule has 0 saturated heterocycles. The first-order chi connectivity index (χ1) is 51.4. The minimum atomic E-state index is -0.670. The Morgan fingerprint density at radius 1 is 0.431 bits per heavy atom. The first-order valence-corrected chi connectivity index (χ1v) is 33.9. The molecule has 0 radical (unpaired) electrons. The first kappa shape index (κ1) is 92.3. The van der Waals surface area contributed by atoms with Crippen LogP contribution in [0.4, 0.5) is 0 Å². The van der Waals surface area contributed by atoms with Crippen molar-refractivity contribution in [1.82, 2.24) is 10.3 Å². The van der Waals surface area contributed by atoms with Gasteiger partial charge in [-0.15, -0.1) is 0 Å². The second-order valence-corrected chi connectivity index (χ2v) is 24.2. The van der Waals surface area contributed by atoms with Crippen LogP contribution in [0.3, 0.4) is 0 Å². The number of likely N-dealkylation sites (N-methyl/N-ethyl adjacent to an activating group) is 1. The number of nitrogens with two attached hydrogens (primary N) is 1. The van der Waals surface area contributed by atoms with E-state index in [2.05, 4.69) is 24.1 Å². The van der Waals surface area contributed by atoms with Gasteiger partial charge in [-0.1, -0.05) is 88.2 Å². The van der Waals surface area contributed by atoms with Crippen LogP contribution < -0.4 is 11.1 Å². The molecule has 3 unspecified atom stereocenters. The fourth-order valence-electron chi connectivity index (χ4n) is 8.94. The maximum atomic E-state index is 10.9. The summed E-state index contributed by atoms with van der Waals surface area (Å²) < 4.78 is 0. The highest BCUT2D eigenvalue weighted by molar-refractivity contribution is 5.94. The number of benzene rings is 9. The van der Waals surface area contributed by atoms with Gasteiger partial charge < -0.3 is 123 Å². The summed E-state index contributed by atoms with van der Waals surface area (Å²) in [5, 5.41) is 185. The number of phenolic OH excluding ortho intramolecular Hbond substituents is 18. The zero-order valence-corrected chi connectivity index (χ0v) is 61.6. The van der Waals surface area contributed by atoms with Crippen molar-refractivity contribution in [1.29, 1.82) is 0 Å². The van der Waals surface area contributed by atoms with Crippen LogP contribution in [0.1, 0.15) is 136 Å². The van der Waals surface area contributed by atoms with Gasteiger partial charge in [-0.05, 0) is 221 Å². The number of aromatic amines is 1. The van der Waals surface area contributed by atoms with Crippen molar-refractivity contribution in [2.24, 2.45) is 5.73 Å². The number of phenols is 18. The number of rotatable bonds is 18. The average molecular weight is 1510 g/mol. The summed E-state index contributed by atoms with van der Waals surface area (Å²) in [6.07, 6.45) is 9.69. The Hall–Kier alpha value is -12.8. The monoisotopic (exact) mass is 1510 g/mol. The number of ketones is 4. The summed E-state index contributed by atoms with van der Waals surface area (Å²) in [4.78, 5) is 45.9. The van der Waals surface area contributed by atoms with Gasteiger partial charge in [-0.2, -0.15) is 0 Å². The fourth-order valence-corrected chi connectivity index (χ4v) is 8.94. The molecule has 24 N–H and O–H groups in total. The SMILES string of the molecule is CC(=O)/C=C/c1ccc(O)c(O)c1.CC(=O)C(N)Cc1ccc(O)c(O)c1.CC(=O)CCc1ccc(O)c(O)c1.CC(=O)c1ccc(O)c(O)c1.CCC(O)c1ccc(O)c(O)c1.CCCc1c[nH]c2cc(O)c(O)cc12.CCCc1ccc(O)c(O)c1.CNCC(O)c1ccc(O)c(O)c1.Oc1ccccc1O. The number of aromatic nitrogens is 1. The van der Waals surface area contributed by atoms with Crippen LogP contribution >= 0.6 is 0 Å². The highest BCUT2D eigenvalue weighted by Crippen LogP contribution is 2.34. The normalized spacial score (nSPS) is 11.0. The molecule has 0 aliphatic heterocycles. The Morgan fingerprint density at radius 3 is 1.23 bits per heavy atom. The number of Topliss-reactive ketones (excluding diaryl/α,β-unsaturated/α-hetero) is 3. The summed E-state index contributed by atoms with van der Waals surface area (Å²) in [6, 6.07) is 39.6. The van der Waals surface area contributed by atoms with E-state index in [9.17, 15) is 44.7 Å². The van der Waals surface area contributed by atoms with Crippen LogP contribution in [0, 0.1) is 0 Å². The maximum absolute atomic E-state index is 10.9. The molecule has 0 bridgehead atoms. The quantitative estimate of drug-likeness (QED) is 0.0215. The van der Waals surface area contributed by atoms with E-state index in [1.54, 1.807) is 73.8 Å². The molecular formula is C82H99N3O24. The van der Waals surface area contributed by atoms with Gasteiger partial charge in [0.05, 0.1) is 18.2 Å². The Kier molecular flexibility index (Phi) is 40.3. The minimum absolute atomic E-state index is 0.0315. The smallest absolute Gasteiger partial charge is 0.159 e. The van der Waals surface area contributed by atoms with E-state index >= 15 is 0 Å². The number of aliphatic hydroxyl groups is 2. The van der Waals surface area contributed by atoms with Crippen LogP contribution in [-0.4, -0.2) is 150 Å².